The topological polar surface area (TPSA) is 79.5 Å². The molecule has 0 amide bonds. The van der Waals surface area contributed by atoms with E-state index in [9.17, 15) is 4.79 Å². The number of carboxylic acids is 1. The van der Waals surface area contributed by atoms with Crippen LogP contribution in [0.25, 0.3) is 0 Å². The number of rotatable bonds is 4. The van der Waals surface area contributed by atoms with Crippen molar-refractivity contribution in [3.63, 3.8) is 0 Å². The van der Waals surface area contributed by atoms with E-state index in [1.165, 1.54) is 43.5 Å². The van der Waals surface area contributed by atoms with Crippen molar-refractivity contribution in [3.05, 3.63) is 52.5 Å². The van der Waals surface area contributed by atoms with Crippen LogP contribution in [0.1, 0.15) is 15.9 Å². The van der Waals surface area contributed by atoms with E-state index in [1.54, 1.807) is 0 Å². The van der Waals surface area contributed by atoms with Gasteiger partial charge in [-0.1, -0.05) is 17.7 Å². The standard InChI is InChI=1S/C15H10ClNO4/c1-20-10-5-9(8-17)6-11(7-10)21-14-12(15(18)19)3-2-4-13(14)16/h2-7H,1H3,(H,18,19). The lowest BCUT2D eigenvalue weighted by Gasteiger charge is -2.11. The summed E-state index contributed by atoms with van der Waals surface area (Å²) in [5.41, 5.74) is 0.261. The molecule has 0 aliphatic rings. The molecule has 0 heterocycles. The molecule has 21 heavy (non-hydrogen) atoms. The number of carbonyl (C=O) groups is 1. The van der Waals surface area contributed by atoms with Crippen LogP contribution in [-0.4, -0.2) is 18.2 Å². The number of aromatic carboxylic acids is 1. The molecule has 1 N–H and O–H groups in total. The monoisotopic (exact) mass is 303 g/mol. The Labute approximate surface area is 125 Å². The molecule has 0 saturated heterocycles. The lowest BCUT2D eigenvalue weighted by atomic mass is 10.2. The fourth-order valence-corrected chi connectivity index (χ4v) is 1.93. The minimum atomic E-state index is -1.16. The third-order valence-electron chi connectivity index (χ3n) is 2.66. The summed E-state index contributed by atoms with van der Waals surface area (Å²) in [6.45, 7) is 0. The number of nitrogens with zero attached hydrogens (tertiary/aromatic N) is 1. The highest BCUT2D eigenvalue weighted by molar-refractivity contribution is 6.32. The van der Waals surface area contributed by atoms with Gasteiger partial charge >= 0.3 is 5.97 Å². The van der Waals surface area contributed by atoms with E-state index in [-0.39, 0.29) is 22.1 Å². The Bertz CT molecular complexity index is 737. The number of methoxy groups -OCH3 is 1. The second-order valence-electron chi connectivity index (χ2n) is 4.03. The minimum Gasteiger partial charge on any atom is -0.497 e. The Morgan fingerprint density at radius 2 is 2.00 bits per heavy atom. The van der Waals surface area contributed by atoms with Crippen LogP contribution in [0.2, 0.25) is 5.02 Å². The molecular weight excluding hydrogens is 294 g/mol. The second-order valence-corrected chi connectivity index (χ2v) is 4.44. The van der Waals surface area contributed by atoms with Crippen molar-refractivity contribution in [1.82, 2.24) is 0 Å². The van der Waals surface area contributed by atoms with Crippen molar-refractivity contribution in [2.75, 3.05) is 7.11 Å². The maximum absolute atomic E-state index is 11.2. The predicted octanol–water partition coefficient (Wildman–Crippen LogP) is 3.71. The van der Waals surface area contributed by atoms with Crippen molar-refractivity contribution < 1.29 is 19.4 Å². The van der Waals surface area contributed by atoms with Crippen molar-refractivity contribution in [2.45, 2.75) is 0 Å². The van der Waals surface area contributed by atoms with E-state index in [1.807, 2.05) is 6.07 Å². The Kier molecular flexibility index (Phi) is 4.31. The molecule has 2 rings (SSSR count). The summed E-state index contributed by atoms with van der Waals surface area (Å²) < 4.78 is 10.6. The molecule has 2 aromatic carbocycles. The lowest BCUT2D eigenvalue weighted by molar-refractivity contribution is 0.0694. The fourth-order valence-electron chi connectivity index (χ4n) is 1.71. The van der Waals surface area contributed by atoms with Gasteiger partial charge in [-0.15, -0.1) is 0 Å². The van der Waals surface area contributed by atoms with Gasteiger partial charge in [0, 0.05) is 6.07 Å². The van der Waals surface area contributed by atoms with Gasteiger partial charge in [0.15, 0.2) is 5.75 Å². The van der Waals surface area contributed by atoms with Gasteiger partial charge in [0.2, 0.25) is 0 Å². The third-order valence-corrected chi connectivity index (χ3v) is 2.96. The number of nitriles is 1. The first-order chi connectivity index (χ1) is 10.0. The number of halogens is 1. The van der Waals surface area contributed by atoms with Gasteiger partial charge in [-0.05, 0) is 24.3 Å². The van der Waals surface area contributed by atoms with Crippen LogP contribution in [0.3, 0.4) is 0 Å². The highest BCUT2D eigenvalue weighted by Crippen LogP contribution is 2.34. The normalized spacial score (nSPS) is 9.76. The van der Waals surface area contributed by atoms with Gasteiger partial charge < -0.3 is 14.6 Å². The fraction of sp³-hybridized carbons (Fsp3) is 0.0667. The Hall–Kier alpha value is -2.71. The van der Waals surface area contributed by atoms with E-state index in [4.69, 9.17) is 31.4 Å². The van der Waals surface area contributed by atoms with Crippen molar-refractivity contribution in [1.29, 1.82) is 5.26 Å². The SMILES string of the molecule is COc1cc(C#N)cc(Oc2c(Cl)cccc2C(=O)O)c1. The van der Waals surface area contributed by atoms with Gasteiger partial charge in [-0.3, -0.25) is 0 Å². The number of hydrogen-bond donors (Lipinski definition) is 1. The molecule has 0 fully saturated rings. The Balaban J connectivity index is 2.48. The number of ether oxygens (including phenoxy) is 2. The molecule has 5 nitrogen and oxygen atoms in total. The lowest BCUT2D eigenvalue weighted by Crippen LogP contribution is -2.00. The van der Waals surface area contributed by atoms with Crippen LogP contribution in [-0.2, 0) is 0 Å². The first-order valence-corrected chi connectivity index (χ1v) is 6.21. The average molecular weight is 304 g/mol. The summed E-state index contributed by atoms with van der Waals surface area (Å²) >= 11 is 5.99. The van der Waals surface area contributed by atoms with Crippen LogP contribution in [0.4, 0.5) is 0 Å². The molecule has 0 atom stereocenters. The summed E-state index contributed by atoms with van der Waals surface area (Å²) in [7, 11) is 1.46. The van der Waals surface area contributed by atoms with Gasteiger partial charge in [-0.25, -0.2) is 4.79 Å². The molecule has 6 heteroatoms. The van der Waals surface area contributed by atoms with Crippen LogP contribution in [0.15, 0.2) is 36.4 Å². The van der Waals surface area contributed by atoms with E-state index < -0.39 is 5.97 Å². The minimum absolute atomic E-state index is 0.0174. The number of carboxylic acid groups (broad SMARTS) is 1. The number of para-hydroxylation sites is 1. The molecule has 0 unspecified atom stereocenters. The summed E-state index contributed by atoms with van der Waals surface area (Å²) in [5, 5.41) is 18.3. The summed E-state index contributed by atoms with van der Waals surface area (Å²) in [6, 6.07) is 10.9. The summed E-state index contributed by atoms with van der Waals surface area (Å²) in [5.74, 6) is -0.450. The molecule has 0 saturated carbocycles. The first-order valence-electron chi connectivity index (χ1n) is 5.84. The maximum atomic E-state index is 11.2. The van der Waals surface area contributed by atoms with Gasteiger partial charge in [-0.2, -0.15) is 5.26 Å². The van der Waals surface area contributed by atoms with Crippen LogP contribution >= 0.6 is 11.6 Å². The highest BCUT2D eigenvalue weighted by atomic mass is 35.5. The molecule has 0 aliphatic heterocycles. The molecule has 0 radical (unpaired) electrons. The molecule has 106 valence electrons. The quantitative estimate of drug-likeness (QED) is 0.931. The highest BCUT2D eigenvalue weighted by Gasteiger charge is 2.16. The van der Waals surface area contributed by atoms with Gasteiger partial charge in [0.1, 0.15) is 17.1 Å². The average Bonchev–Trinajstić information content (AvgIpc) is 2.48. The van der Waals surface area contributed by atoms with E-state index in [0.717, 1.165) is 0 Å². The third kappa shape index (κ3) is 3.25. The zero-order valence-corrected chi connectivity index (χ0v) is 11.7. The molecule has 0 aliphatic carbocycles. The maximum Gasteiger partial charge on any atom is 0.339 e. The summed E-state index contributed by atoms with van der Waals surface area (Å²) in [6.07, 6.45) is 0. The largest absolute Gasteiger partial charge is 0.497 e. The van der Waals surface area contributed by atoms with Gasteiger partial charge in [0.05, 0.1) is 23.8 Å². The zero-order valence-electron chi connectivity index (χ0n) is 11.0. The first kappa shape index (κ1) is 14.7. The Morgan fingerprint density at radius 1 is 1.29 bits per heavy atom. The van der Waals surface area contributed by atoms with Crippen LogP contribution < -0.4 is 9.47 Å². The van der Waals surface area contributed by atoms with E-state index >= 15 is 0 Å². The predicted molar refractivity (Wildman–Crippen MR) is 76.2 cm³/mol. The molecule has 0 aromatic heterocycles. The molecular formula is C15H10ClNO4. The van der Waals surface area contributed by atoms with Crippen LogP contribution in [0.5, 0.6) is 17.2 Å². The van der Waals surface area contributed by atoms with Gasteiger partial charge in [0.25, 0.3) is 0 Å². The Morgan fingerprint density at radius 3 is 2.62 bits per heavy atom. The number of benzene rings is 2. The smallest absolute Gasteiger partial charge is 0.339 e. The van der Waals surface area contributed by atoms with Crippen molar-refractivity contribution in [3.8, 4) is 23.3 Å². The number of hydrogen-bond acceptors (Lipinski definition) is 4. The molecule has 0 bridgehead atoms. The van der Waals surface area contributed by atoms with E-state index in [0.29, 0.717) is 11.3 Å². The van der Waals surface area contributed by atoms with Crippen LogP contribution in [0, 0.1) is 11.3 Å². The molecule has 0 spiro atoms. The summed E-state index contributed by atoms with van der Waals surface area (Å²) in [4.78, 5) is 11.2. The second kappa shape index (κ2) is 6.16. The van der Waals surface area contributed by atoms with Crippen molar-refractivity contribution in [2.24, 2.45) is 0 Å². The zero-order chi connectivity index (χ0) is 15.4. The molecule has 2 aromatic rings. The van der Waals surface area contributed by atoms with Crippen molar-refractivity contribution >= 4 is 17.6 Å². The van der Waals surface area contributed by atoms with E-state index in [2.05, 4.69) is 0 Å².